The van der Waals surface area contributed by atoms with Gasteiger partial charge in [-0.3, -0.25) is 9.78 Å². The third-order valence-electron chi connectivity index (χ3n) is 5.60. The SMILES string of the molecule is C=C(/C=C/CNc1ccc([C@H]2C[C@@H]2C(=O)O)nc1)c1c(C)cc(OCCC[SH](=O)=O)cc1C. The van der Waals surface area contributed by atoms with E-state index in [1.54, 1.807) is 6.20 Å². The van der Waals surface area contributed by atoms with Crippen LogP contribution in [0.1, 0.15) is 41.1 Å². The third-order valence-corrected chi connectivity index (χ3v) is 6.28. The van der Waals surface area contributed by atoms with Crippen molar-refractivity contribution in [2.24, 2.45) is 5.92 Å². The highest BCUT2D eigenvalue weighted by molar-refractivity contribution is 7.72. The van der Waals surface area contributed by atoms with Crippen molar-refractivity contribution in [3.8, 4) is 5.75 Å². The molecule has 0 bridgehead atoms. The number of aromatic nitrogens is 1. The Labute approximate surface area is 196 Å². The summed E-state index contributed by atoms with van der Waals surface area (Å²) >= 11 is 0. The molecule has 2 aromatic rings. The second-order valence-corrected chi connectivity index (χ2v) is 9.37. The van der Waals surface area contributed by atoms with Gasteiger partial charge < -0.3 is 15.2 Å². The number of allylic oxidation sites excluding steroid dienone is 2. The maximum Gasteiger partial charge on any atom is 0.307 e. The summed E-state index contributed by atoms with van der Waals surface area (Å²) in [6, 6.07) is 7.69. The van der Waals surface area contributed by atoms with Crippen LogP contribution in [0.5, 0.6) is 5.75 Å². The maximum absolute atomic E-state index is 11.0. The molecule has 0 saturated heterocycles. The van der Waals surface area contributed by atoms with Crippen molar-refractivity contribution >= 4 is 27.9 Å². The fraction of sp³-hybridized carbons (Fsp3) is 0.360. The van der Waals surface area contributed by atoms with E-state index in [1.165, 1.54) is 0 Å². The molecule has 0 radical (unpaired) electrons. The number of rotatable bonds is 12. The zero-order chi connectivity index (χ0) is 24.0. The first-order chi connectivity index (χ1) is 15.8. The number of carboxylic acids is 1. The summed E-state index contributed by atoms with van der Waals surface area (Å²) in [7, 11) is -2.36. The topological polar surface area (TPSA) is 106 Å². The van der Waals surface area contributed by atoms with Gasteiger partial charge in [0, 0.05) is 18.2 Å². The molecule has 1 fully saturated rings. The van der Waals surface area contributed by atoms with Gasteiger partial charge in [0.25, 0.3) is 0 Å². The van der Waals surface area contributed by atoms with E-state index in [4.69, 9.17) is 9.84 Å². The summed E-state index contributed by atoms with van der Waals surface area (Å²) in [5, 5.41) is 12.3. The van der Waals surface area contributed by atoms with Crippen LogP contribution in [0.4, 0.5) is 5.69 Å². The molecule has 2 atom stereocenters. The Hall–Kier alpha value is -3.13. The standard InChI is InChI=1S/C25H30N2O5S/c1-16(24-17(2)12-20(13-18(24)3)32-10-5-11-33(30)31)6-4-9-26-19-7-8-23(27-15-19)21-14-22(21)25(28)29/h4,6-8,12-13,15,21-22,26,33H,1,5,9-11,14H2,2-3H3,(H,28,29)/b6-4+/t21-,22-/m0/s1. The van der Waals surface area contributed by atoms with Crippen molar-refractivity contribution in [2.45, 2.75) is 32.6 Å². The molecule has 176 valence electrons. The van der Waals surface area contributed by atoms with Gasteiger partial charge in [-0.05, 0) is 73.2 Å². The van der Waals surface area contributed by atoms with Gasteiger partial charge in [-0.1, -0.05) is 18.7 Å². The number of thiol groups is 1. The average molecular weight is 471 g/mol. The number of hydrogen-bond donors (Lipinski definition) is 3. The minimum Gasteiger partial charge on any atom is -0.494 e. The van der Waals surface area contributed by atoms with Crippen molar-refractivity contribution in [3.05, 3.63) is 71.6 Å². The van der Waals surface area contributed by atoms with E-state index in [-0.39, 0.29) is 17.6 Å². The Kier molecular flexibility index (Phi) is 8.27. The van der Waals surface area contributed by atoms with E-state index in [1.807, 2.05) is 50.3 Å². The van der Waals surface area contributed by atoms with E-state index in [0.29, 0.717) is 26.0 Å². The first-order valence-corrected chi connectivity index (χ1v) is 12.3. The van der Waals surface area contributed by atoms with E-state index >= 15 is 0 Å². The van der Waals surface area contributed by atoms with Crippen LogP contribution >= 0.6 is 0 Å². The molecule has 1 aliphatic rings. The molecule has 1 aromatic heterocycles. The summed E-state index contributed by atoms with van der Waals surface area (Å²) < 4.78 is 27.0. The number of carboxylic acid groups (broad SMARTS) is 1. The Morgan fingerprint density at radius 3 is 2.61 bits per heavy atom. The Morgan fingerprint density at radius 1 is 1.30 bits per heavy atom. The van der Waals surface area contributed by atoms with Gasteiger partial charge >= 0.3 is 5.97 Å². The average Bonchev–Trinajstić information content (AvgIpc) is 3.55. The molecule has 0 spiro atoms. The quantitative estimate of drug-likeness (QED) is 0.245. The fourth-order valence-electron chi connectivity index (χ4n) is 3.88. The zero-order valence-corrected chi connectivity index (χ0v) is 19.8. The molecule has 7 nitrogen and oxygen atoms in total. The highest BCUT2D eigenvalue weighted by atomic mass is 32.2. The van der Waals surface area contributed by atoms with Gasteiger partial charge in [0.15, 0.2) is 0 Å². The summed E-state index contributed by atoms with van der Waals surface area (Å²) in [4.78, 5) is 15.4. The van der Waals surface area contributed by atoms with E-state index in [9.17, 15) is 13.2 Å². The number of aryl methyl sites for hydroxylation is 2. The lowest BCUT2D eigenvalue weighted by atomic mass is 9.96. The van der Waals surface area contributed by atoms with Crippen LogP contribution in [0.25, 0.3) is 5.57 Å². The molecule has 1 heterocycles. The molecule has 2 N–H and O–H groups in total. The highest BCUT2D eigenvalue weighted by Gasteiger charge is 2.45. The molecule has 1 aliphatic carbocycles. The van der Waals surface area contributed by atoms with Crippen LogP contribution in [-0.4, -0.2) is 43.4 Å². The lowest BCUT2D eigenvalue weighted by Crippen LogP contribution is -2.03. The van der Waals surface area contributed by atoms with Crippen LogP contribution in [0, 0.1) is 19.8 Å². The van der Waals surface area contributed by atoms with Crippen molar-refractivity contribution < 1.29 is 23.1 Å². The largest absolute Gasteiger partial charge is 0.494 e. The molecule has 0 unspecified atom stereocenters. The van der Waals surface area contributed by atoms with Gasteiger partial charge in [-0.25, -0.2) is 8.42 Å². The summed E-state index contributed by atoms with van der Waals surface area (Å²) in [5.41, 5.74) is 5.74. The summed E-state index contributed by atoms with van der Waals surface area (Å²) in [6.45, 7) is 9.16. The Morgan fingerprint density at radius 2 is 2.03 bits per heavy atom. The monoisotopic (exact) mass is 470 g/mol. The van der Waals surface area contributed by atoms with Crippen molar-refractivity contribution in [1.82, 2.24) is 4.98 Å². The molecule has 33 heavy (non-hydrogen) atoms. The molecule has 0 amide bonds. The number of nitrogens with one attached hydrogen (secondary N) is 1. The van der Waals surface area contributed by atoms with Crippen LogP contribution < -0.4 is 10.1 Å². The predicted molar refractivity (Wildman–Crippen MR) is 131 cm³/mol. The van der Waals surface area contributed by atoms with Crippen molar-refractivity contribution in [3.63, 3.8) is 0 Å². The van der Waals surface area contributed by atoms with Gasteiger partial charge in [-0.2, -0.15) is 0 Å². The van der Waals surface area contributed by atoms with Crippen LogP contribution in [0.15, 0.2) is 49.2 Å². The molecular formula is C25H30N2O5S. The first kappa shape index (κ1) is 24.5. The first-order valence-electron chi connectivity index (χ1n) is 10.9. The molecule has 1 saturated carbocycles. The number of benzene rings is 1. The van der Waals surface area contributed by atoms with E-state index in [0.717, 1.165) is 39.4 Å². The maximum atomic E-state index is 11.0. The number of hydrogen-bond acceptors (Lipinski definition) is 6. The van der Waals surface area contributed by atoms with Gasteiger partial charge in [0.1, 0.15) is 16.5 Å². The van der Waals surface area contributed by atoms with E-state index in [2.05, 4.69) is 16.9 Å². The number of pyridine rings is 1. The minimum absolute atomic E-state index is 0.0341. The predicted octanol–water partition coefficient (Wildman–Crippen LogP) is 3.95. The zero-order valence-electron chi connectivity index (χ0n) is 18.9. The number of anilines is 1. The number of aliphatic carboxylic acids is 1. The summed E-state index contributed by atoms with van der Waals surface area (Å²) in [5.74, 6) is -0.157. The third kappa shape index (κ3) is 6.92. The summed E-state index contributed by atoms with van der Waals surface area (Å²) in [6.07, 6.45) is 6.83. The van der Waals surface area contributed by atoms with E-state index < -0.39 is 16.7 Å². The van der Waals surface area contributed by atoms with Crippen molar-refractivity contribution in [2.75, 3.05) is 24.2 Å². The van der Waals surface area contributed by atoms with Gasteiger partial charge in [-0.15, -0.1) is 0 Å². The van der Waals surface area contributed by atoms with Gasteiger partial charge in [0.05, 0.1) is 30.2 Å². The normalized spacial score (nSPS) is 17.3. The molecule has 1 aromatic carbocycles. The second kappa shape index (κ2) is 11.1. The highest BCUT2D eigenvalue weighted by Crippen LogP contribution is 2.46. The Bertz CT molecular complexity index is 1090. The molecule has 0 aliphatic heterocycles. The lowest BCUT2D eigenvalue weighted by Gasteiger charge is -2.14. The molecule has 3 rings (SSSR count). The Balaban J connectivity index is 1.50. The van der Waals surface area contributed by atoms with Gasteiger partial charge in [0.2, 0.25) is 0 Å². The van der Waals surface area contributed by atoms with Crippen molar-refractivity contribution in [1.29, 1.82) is 0 Å². The lowest BCUT2D eigenvalue weighted by molar-refractivity contribution is -0.138. The number of nitrogens with zero attached hydrogens (tertiary/aromatic N) is 1. The molecular weight excluding hydrogens is 440 g/mol. The number of carbonyl (C=O) groups is 1. The fourth-order valence-corrected chi connectivity index (χ4v) is 4.27. The van der Waals surface area contributed by atoms with Crippen LogP contribution in [0.2, 0.25) is 0 Å². The van der Waals surface area contributed by atoms with Crippen LogP contribution in [0.3, 0.4) is 0 Å². The number of ether oxygens (including phenoxy) is 1. The second-order valence-electron chi connectivity index (χ2n) is 8.26. The molecule has 8 heteroatoms. The smallest absolute Gasteiger partial charge is 0.307 e. The van der Waals surface area contributed by atoms with Crippen LogP contribution in [-0.2, 0) is 15.5 Å². The minimum atomic E-state index is -2.36.